The number of aliphatic hydroxyl groups is 1. The number of fused-ring (bicyclic) bond motifs is 1. The van der Waals surface area contributed by atoms with Gasteiger partial charge in [0.2, 0.25) is 0 Å². The molecule has 2 fully saturated rings. The Hall–Kier alpha value is -2.27. The number of hydrogen-bond acceptors (Lipinski definition) is 5. The highest BCUT2D eigenvalue weighted by atomic mass is 16.6. The lowest BCUT2D eigenvalue weighted by molar-refractivity contribution is -0.178. The molecule has 1 saturated carbocycles. The van der Waals surface area contributed by atoms with Crippen molar-refractivity contribution in [2.45, 2.75) is 107 Å². The average molecular weight is 511 g/mol. The Morgan fingerprint density at radius 1 is 1.00 bits per heavy atom. The van der Waals surface area contributed by atoms with Crippen LogP contribution in [0.1, 0.15) is 101 Å². The predicted octanol–water partition coefficient (Wildman–Crippen LogP) is 6.81. The molecule has 1 heterocycles. The van der Waals surface area contributed by atoms with Crippen molar-refractivity contribution in [2.24, 2.45) is 28.1 Å². The summed E-state index contributed by atoms with van der Waals surface area (Å²) in [6, 6.07) is 0. The van der Waals surface area contributed by atoms with Crippen LogP contribution in [0.25, 0.3) is 0 Å². The topological polar surface area (TPSA) is 80.7 Å². The maximum Gasteiger partial charge on any atom is 0.198 e. The molecule has 2 aliphatic carbocycles. The van der Waals surface area contributed by atoms with Gasteiger partial charge >= 0.3 is 0 Å². The highest BCUT2D eigenvalue weighted by molar-refractivity contribution is 6.33. The molecule has 0 radical (unpaired) electrons. The number of carbonyl (C=O) groups excluding carboxylic acids is 3. The van der Waals surface area contributed by atoms with Crippen LogP contribution >= 0.6 is 0 Å². The number of Topliss-reactive ketones (excluding diaryl/α,β-unsaturated/α-hetero) is 3. The van der Waals surface area contributed by atoms with E-state index in [1.165, 1.54) is 5.57 Å². The zero-order chi connectivity index (χ0) is 27.9. The molecule has 204 valence electrons. The quantitative estimate of drug-likeness (QED) is 0.272. The van der Waals surface area contributed by atoms with Crippen molar-refractivity contribution in [3.63, 3.8) is 0 Å². The number of carbonyl (C=O) groups is 3. The van der Waals surface area contributed by atoms with Gasteiger partial charge in [-0.1, -0.05) is 55.7 Å². The molecular formula is C32H46O5. The summed E-state index contributed by atoms with van der Waals surface area (Å²) in [6.07, 6.45) is 7.81. The van der Waals surface area contributed by atoms with Crippen LogP contribution in [-0.4, -0.2) is 28.7 Å². The first kappa shape index (κ1) is 29.3. The molecule has 5 nitrogen and oxygen atoms in total. The van der Waals surface area contributed by atoms with E-state index in [2.05, 4.69) is 12.2 Å². The standard InChI is InChI=1S/C32H46O5/c1-19(2)11-10-16-30(9)23(14-12-20(3)4)17-31-18-25(33)37-28(31)24(15-13-21(5)6)27(35)32(30,29(31)36)26(34)22(7)8/h11-13,22-23,25,33H,10,14-18H2,1-9H3/t23-,25-,30+,31-,32-/m0/s1. The highest BCUT2D eigenvalue weighted by Gasteiger charge is 2.77. The summed E-state index contributed by atoms with van der Waals surface area (Å²) < 4.78 is 5.90. The van der Waals surface area contributed by atoms with Gasteiger partial charge in [-0.25, -0.2) is 0 Å². The molecule has 5 heteroatoms. The average Bonchev–Trinajstić information content (AvgIpc) is 3.11. The lowest BCUT2D eigenvalue weighted by atomic mass is 9.38. The molecule has 3 rings (SSSR count). The van der Waals surface area contributed by atoms with Gasteiger partial charge in [-0.2, -0.15) is 0 Å². The third-order valence-electron chi connectivity index (χ3n) is 8.86. The van der Waals surface area contributed by atoms with Gasteiger partial charge in [0.05, 0.1) is 5.41 Å². The summed E-state index contributed by atoms with van der Waals surface area (Å²) in [5, 5.41) is 10.7. The van der Waals surface area contributed by atoms with Crippen molar-refractivity contribution in [3.05, 3.63) is 46.3 Å². The van der Waals surface area contributed by atoms with Gasteiger partial charge in [0, 0.05) is 17.9 Å². The fraction of sp³-hybridized carbons (Fsp3) is 0.656. The minimum Gasteiger partial charge on any atom is -0.468 e. The summed E-state index contributed by atoms with van der Waals surface area (Å²) in [7, 11) is 0. The summed E-state index contributed by atoms with van der Waals surface area (Å²) in [6.45, 7) is 17.7. The normalized spacial score (nSPS) is 32.6. The monoisotopic (exact) mass is 510 g/mol. The Bertz CT molecular complexity index is 1090. The van der Waals surface area contributed by atoms with Crippen LogP contribution in [0.5, 0.6) is 0 Å². The Labute approximate surface area is 223 Å². The van der Waals surface area contributed by atoms with Gasteiger partial charge in [0.15, 0.2) is 29.1 Å². The van der Waals surface area contributed by atoms with E-state index in [0.29, 0.717) is 37.0 Å². The number of rotatable bonds is 9. The van der Waals surface area contributed by atoms with Crippen molar-refractivity contribution < 1.29 is 24.2 Å². The van der Waals surface area contributed by atoms with E-state index in [0.717, 1.165) is 11.1 Å². The molecule has 37 heavy (non-hydrogen) atoms. The van der Waals surface area contributed by atoms with Crippen LogP contribution < -0.4 is 0 Å². The molecule has 0 aromatic rings. The second kappa shape index (κ2) is 10.5. The minimum absolute atomic E-state index is 0.0925. The molecule has 3 aliphatic rings. The Balaban J connectivity index is 2.41. The summed E-state index contributed by atoms with van der Waals surface area (Å²) >= 11 is 0. The van der Waals surface area contributed by atoms with E-state index in [9.17, 15) is 19.5 Å². The van der Waals surface area contributed by atoms with E-state index in [1.807, 2.05) is 54.5 Å². The van der Waals surface area contributed by atoms with Crippen molar-refractivity contribution in [1.29, 1.82) is 0 Å². The zero-order valence-corrected chi connectivity index (χ0v) is 24.3. The van der Waals surface area contributed by atoms with Gasteiger partial charge < -0.3 is 9.84 Å². The number of ether oxygens (including phenoxy) is 1. The molecule has 2 bridgehead atoms. The lowest BCUT2D eigenvalue weighted by Gasteiger charge is -2.60. The van der Waals surface area contributed by atoms with Crippen LogP contribution in [0.4, 0.5) is 0 Å². The molecule has 1 N–H and O–H groups in total. The molecule has 0 aromatic carbocycles. The number of aliphatic hydroxyl groups excluding tert-OH is 1. The fourth-order valence-corrected chi connectivity index (χ4v) is 6.97. The Kier molecular flexibility index (Phi) is 8.29. The summed E-state index contributed by atoms with van der Waals surface area (Å²) in [4.78, 5) is 43.9. The van der Waals surface area contributed by atoms with E-state index < -0.39 is 34.2 Å². The summed E-state index contributed by atoms with van der Waals surface area (Å²) in [5.74, 6) is -1.33. The van der Waals surface area contributed by atoms with E-state index >= 15 is 0 Å². The van der Waals surface area contributed by atoms with Crippen LogP contribution in [0.3, 0.4) is 0 Å². The molecule has 1 spiro atoms. The maximum atomic E-state index is 14.8. The third-order valence-corrected chi connectivity index (χ3v) is 8.86. The van der Waals surface area contributed by atoms with Crippen LogP contribution in [-0.2, 0) is 19.1 Å². The third kappa shape index (κ3) is 4.62. The largest absolute Gasteiger partial charge is 0.468 e. The first-order chi connectivity index (χ1) is 17.1. The SMILES string of the molecule is CC(C)=CCC[C@]1(C)[C@@H](CC=C(C)C)C[C@]23C[C@@H](O)OC2=C(CC=C(C)C)C(=O)[C@@]1(C(=O)C(C)C)C3=O. The van der Waals surface area contributed by atoms with Crippen molar-refractivity contribution in [3.8, 4) is 0 Å². The van der Waals surface area contributed by atoms with Crippen molar-refractivity contribution >= 4 is 17.3 Å². The Morgan fingerprint density at radius 2 is 1.59 bits per heavy atom. The van der Waals surface area contributed by atoms with E-state index in [-0.39, 0.29) is 30.3 Å². The van der Waals surface area contributed by atoms with Crippen molar-refractivity contribution in [1.82, 2.24) is 0 Å². The lowest BCUT2D eigenvalue weighted by Crippen LogP contribution is -2.70. The van der Waals surface area contributed by atoms with Crippen LogP contribution in [0, 0.1) is 28.1 Å². The second-order valence-corrected chi connectivity index (χ2v) is 12.7. The van der Waals surface area contributed by atoms with Crippen LogP contribution in [0.2, 0.25) is 0 Å². The Morgan fingerprint density at radius 3 is 2.14 bits per heavy atom. The van der Waals surface area contributed by atoms with Gasteiger partial charge in [0.1, 0.15) is 5.76 Å². The van der Waals surface area contributed by atoms with Gasteiger partial charge in [0.25, 0.3) is 0 Å². The van der Waals surface area contributed by atoms with E-state index in [1.54, 1.807) is 13.8 Å². The van der Waals surface area contributed by atoms with E-state index in [4.69, 9.17) is 4.74 Å². The molecular weight excluding hydrogens is 464 g/mol. The van der Waals surface area contributed by atoms with Crippen molar-refractivity contribution in [2.75, 3.05) is 0 Å². The number of allylic oxidation sites excluding steroid dienone is 8. The van der Waals surface area contributed by atoms with Gasteiger partial charge in [-0.05, 0) is 85.0 Å². The number of ketones is 3. The highest BCUT2D eigenvalue weighted by Crippen LogP contribution is 2.69. The molecule has 5 atom stereocenters. The summed E-state index contributed by atoms with van der Waals surface area (Å²) in [5.41, 5.74) is -0.0742. The molecule has 1 saturated heterocycles. The maximum absolute atomic E-state index is 14.8. The van der Waals surface area contributed by atoms with Gasteiger partial charge in [-0.15, -0.1) is 0 Å². The first-order valence-electron chi connectivity index (χ1n) is 13.8. The van der Waals surface area contributed by atoms with Crippen LogP contribution in [0.15, 0.2) is 46.3 Å². The smallest absolute Gasteiger partial charge is 0.198 e. The zero-order valence-electron chi connectivity index (χ0n) is 24.3. The number of hydrogen-bond donors (Lipinski definition) is 1. The molecule has 1 aliphatic heterocycles. The second-order valence-electron chi connectivity index (χ2n) is 12.7. The molecule has 0 unspecified atom stereocenters. The molecule has 0 amide bonds. The predicted molar refractivity (Wildman–Crippen MR) is 146 cm³/mol. The minimum atomic E-state index is -1.79. The van der Waals surface area contributed by atoms with Gasteiger partial charge in [-0.3, -0.25) is 14.4 Å². The fourth-order valence-electron chi connectivity index (χ4n) is 6.97. The first-order valence-corrected chi connectivity index (χ1v) is 13.8. The molecule has 0 aromatic heterocycles.